The van der Waals surface area contributed by atoms with Gasteiger partial charge in [0.05, 0.1) is 4.92 Å². The molecule has 2 rings (SSSR count). The molecule has 0 aromatic heterocycles. The van der Waals surface area contributed by atoms with Gasteiger partial charge in [-0.15, -0.1) is 0 Å². The second kappa shape index (κ2) is 6.88. The Kier molecular flexibility index (Phi) is 4.92. The summed E-state index contributed by atoms with van der Waals surface area (Å²) in [5.41, 5.74) is 0.964. The minimum Gasteiger partial charge on any atom is -0.477 e. The Morgan fingerprint density at radius 3 is 2.81 bits per heavy atom. The zero-order valence-corrected chi connectivity index (χ0v) is 11.7. The number of rotatable bonds is 6. The molecule has 0 fully saturated rings. The van der Waals surface area contributed by atoms with E-state index in [1.165, 1.54) is 30.5 Å². The van der Waals surface area contributed by atoms with Gasteiger partial charge >= 0.3 is 11.7 Å². The molecule has 6 heteroatoms. The first-order valence-electron chi connectivity index (χ1n) is 7.02. The Balaban J connectivity index is 2.08. The zero-order chi connectivity index (χ0) is 15.2. The lowest BCUT2D eigenvalue weighted by Gasteiger charge is -2.13. The fourth-order valence-electron chi connectivity index (χ4n) is 2.54. The van der Waals surface area contributed by atoms with Crippen molar-refractivity contribution in [1.82, 2.24) is 0 Å². The maximum Gasteiger partial charge on any atom is 0.342 e. The number of aromatic carboxylic acids is 1. The van der Waals surface area contributed by atoms with Crippen molar-refractivity contribution < 1.29 is 14.8 Å². The molecule has 0 saturated carbocycles. The van der Waals surface area contributed by atoms with Gasteiger partial charge in [-0.2, -0.15) is 0 Å². The summed E-state index contributed by atoms with van der Waals surface area (Å²) in [6, 6.07) is 4.30. The van der Waals surface area contributed by atoms with Crippen molar-refractivity contribution in [3.8, 4) is 0 Å². The molecule has 112 valence electrons. The molecule has 0 aliphatic heterocycles. The van der Waals surface area contributed by atoms with Crippen molar-refractivity contribution in [2.24, 2.45) is 0 Å². The summed E-state index contributed by atoms with van der Waals surface area (Å²) in [5, 5.41) is 23.1. The number of hydrogen-bond donors (Lipinski definition) is 2. The van der Waals surface area contributed by atoms with Gasteiger partial charge in [0.25, 0.3) is 0 Å². The number of nitro benzene ring substituents is 1. The third kappa shape index (κ3) is 3.81. The molecular weight excluding hydrogens is 272 g/mol. The molecule has 1 aliphatic carbocycles. The molecule has 1 aliphatic rings. The molecule has 0 bridgehead atoms. The highest BCUT2D eigenvalue weighted by atomic mass is 16.6. The molecule has 0 heterocycles. The lowest BCUT2D eigenvalue weighted by atomic mass is 9.97. The summed E-state index contributed by atoms with van der Waals surface area (Å²) >= 11 is 0. The normalized spacial score (nSPS) is 14.4. The molecule has 0 amide bonds. The Labute approximate surface area is 122 Å². The van der Waals surface area contributed by atoms with Gasteiger partial charge in [0.15, 0.2) is 0 Å². The molecule has 0 unspecified atom stereocenters. The van der Waals surface area contributed by atoms with Gasteiger partial charge in [0.1, 0.15) is 11.3 Å². The quantitative estimate of drug-likeness (QED) is 0.474. The van der Waals surface area contributed by atoms with Gasteiger partial charge in [-0.25, -0.2) is 4.79 Å². The van der Waals surface area contributed by atoms with Crippen LogP contribution in [0.3, 0.4) is 0 Å². The first-order valence-corrected chi connectivity index (χ1v) is 7.02. The van der Waals surface area contributed by atoms with Crippen molar-refractivity contribution >= 4 is 17.3 Å². The minimum absolute atomic E-state index is 0.260. The lowest BCUT2D eigenvalue weighted by molar-refractivity contribution is -0.384. The highest BCUT2D eigenvalue weighted by Gasteiger charge is 2.23. The van der Waals surface area contributed by atoms with Crippen LogP contribution in [-0.4, -0.2) is 22.5 Å². The van der Waals surface area contributed by atoms with Crippen molar-refractivity contribution in [2.75, 3.05) is 11.9 Å². The number of allylic oxidation sites excluding steroid dienone is 1. The monoisotopic (exact) mass is 290 g/mol. The topological polar surface area (TPSA) is 92.5 Å². The predicted molar refractivity (Wildman–Crippen MR) is 79.7 cm³/mol. The molecule has 1 aromatic rings. The number of nitro groups is 1. The van der Waals surface area contributed by atoms with E-state index in [1.54, 1.807) is 6.07 Å². The summed E-state index contributed by atoms with van der Waals surface area (Å²) in [6.07, 6.45) is 7.66. The van der Waals surface area contributed by atoms with Gasteiger partial charge in [0.2, 0.25) is 0 Å². The summed E-state index contributed by atoms with van der Waals surface area (Å²) < 4.78 is 0. The summed E-state index contributed by atoms with van der Waals surface area (Å²) in [4.78, 5) is 21.5. The predicted octanol–water partition coefficient (Wildman–Crippen LogP) is 3.60. The van der Waals surface area contributed by atoms with Crippen molar-refractivity contribution in [3.63, 3.8) is 0 Å². The number of carboxylic acid groups (broad SMARTS) is 1. The van der Waals surface area contributed by atoms with Crippen molar-refractivity contribution in [1.29, 1.82) is 0 Å². The van der Waals surface area contributed by atoms with Crippen molar-refractivity contribution in [3.05, 3.63) is 45.5 Å². The summed E-state index contributed by atoms with van der Waals surface area (Å²) in [7, 11) is 0. The maximum atomic E-state index is 11.1. The SMILES string of the molecule is O=C(O)c1cccc(NCCC2=CCCCC2)c1[N+](=O)[O-]. The molecule has 0 saturated heterocycles. The summed E-state index contributed by atoms with van der Waals surface area (Å²) in [6.45, 7) is 0.565. The van der Waals surface area contributed by atoms with E-state index in [1.807, 2.05) is 0 Å². The first kappa shape index (κ1) is 15.0. The van der Waals surface area contributed by atoms with Crippen LogP contribution in [0, 0.1) is 10.1 Å². The second-order valence-corrected chi connectivity index (χ2v) is 5.05. The maximum absolute atomic E-state index is 11.1. The number of benzene rings is 1. The van der Waals surface area contributed by atoms with E-state index in [0.29, 0.717) is 6.54 Å². The minimum atomic E-state index is -1.29. The van der Waals surface area contributed by atoms with E-state index < -0.39 is 10.9 Å². The van der Waals surface area contributed by atoms with Gasteiger partial charge in [0, 0.05) is 6.54 Å². The molecule has 0 radical (unpaired) electrons. The average molecular weight is 290 g/mol. The van der Waals surface area contributed by atoms with Crippen LogP contribution in [0.15, 0.2) is 29.8 Å². The number of carboxylic acids is 1. The summed E-state index contributed by atoms with van der Waals surface area (Å²) in [5.74, 6) is -1.29. The Hall–Kier alpha value is -2.37. The van der Waals surface area contributed by atoms with Gasteiger partial charge in [-0.05, 0) is 44.2 Å². The highest BCUT2D eigenvalue weighted by Crippen LogP contribution is 2.29. The fourth-order valence-corrected chi connectivity index (χ4v) is 2.54. The van der Waals surface area contributed by atoms with Crippen LogP contribution in [0.5, 0.6) is 0 Å². The van der Waals surface area contributed by atoms with Crippen LogP contribution in [-0.2, 0) is 0 Å². The number of nitrogens with one attached hydrogen (secondary N) is 1. The van der Waals surface area contributed by atoms with Crippen LogP contribution in [0.2, 0.25) is 0 Å². The Morgan fingerprint density at radius 2 is 2.19 bits per heavy atom. The Morgan fingerprint density at radius 1 is 1.38 bits per heavy atom. The van der Waals surface area contributed by atoms with Crippen LogP contribution in [0.25, 0.3) is 0 Å². The number of nitrogens with zero attached hydrogens (tertiary/aromatic N) is 1. The molecule has 21 heavy (non-hydrogen) atoms. The molecule has 0 atom stereocenters. The van der Waals surface area contributed by atoms with Crippen LogP contribution >= 0.6 is 0 Å². The number of para-hydroxylation sites is 1. The van der Waals surface area contributed by atoms with E-state index in [9.17, 15) is 14.9 Å². The zero-order valence-electron chi connectivity index (χ0n) is 11.7. The first-order chi connectivity index (χ1) is 10.1. The third-order valence-electron chi connectivity index (χ3n) is 3.60. The number of hydrogen-bond acceptors (Lipinski definition) is 4. The van der Waals surface area contributed by atoms with E-state index >= 15 is 0 Å². The van der Waals surface area contributed by atoms with Gasteiger partial charge < -0.3 is 10.4 Å². The van der Waals surface area contributed by atoms with E-state index in [0.717, 1.165) is 19.3 Å². The molecule has 6 nitrogen and oxygen atoms in total. The van der Waals surface area contributed by atoms with Crippen LogP contribution in [0.4, 0.5) is 11.4 Å². The largest absolute Gasteiger partial charge is 0.477 e. The van der Waals surface area contributed by atoms with E-state index in [4.69, 9.17) is 5.11 Å². The number of anilines is 1. The molecule has 0 spiro atoms. The van der Waals surface area contributed by atoms with Gasteiger partial charge in [-0.1, -0.05) is 17.7 Å². The lowest BCUT2D eigenvalue weighted by Crippen LogP contribution is -2.09. The van der Waals surface area contributed by atoms with Gasteiger partial charge in [-0.3, -0.25) is 10.1 Å². The van der Waals surface area contributed by atoms with Crippen molar-refractivity contribution in [2.45, 2.75) is 32.1 Å². The smallest absolute Gasteiger partial charge is 0.342 e. The molecular formula is C15H18N2O4. The Bertz CT molecular complexity index is 581. The second-order valence-electron chi connectivity index (χ2n) is 5.05. The third-order valence-corrected chi connectivity index (χ3v) is 3.60. The van der Waals surface area contributed by atoms with Crippen LogP contribution in [0.1, 0.15) is 42.5 Å². The highest BCUT2D eigenvalue weighted by molar-refractivity contribution is 5.95. The molecule has 1 aromatic carbocycles. The number of carbonyl (C=O) groups is 1. The average Bonchev–Trinajstić information content (AvgIpc) is 2.47. The van der Waals surface area contributed by atoms with E-state index in [-0.39, 0.29) is 16.9 Å². The molecule has 2 N–H and O–H groups in total. The van der Waals surface area contributed by atoms with E-state index in [2.05, 4.69) is 11.4 Å². The standard InChI is InChI=1S/C15H18N2O4/c18-15(19)12-7-4-8-13(14(12)17(20)21)16-10-9-11-5-2-1-3-6-11/h4-5,7-8,16H,1-3,6,9-10H2,(H,18,19). The van der Waals surface area contributed by atoms with Crippen LogP contribution < -0.4 is 5.32 Å². The fraction of sp³-hybridized carbons (Fsp3) is 0.400.